The summed E-state index contributed by atoms with van der Waals surface area (Å²) in [5.74, 6) is 1.88. The summed E-state index contributed by atoms with van der Waals surface area (Å²) in [6.45, 7) is 5.06. The molecule has 1 heterocycles. The lowest BCUT2D eigenvalue weighted by Crippen LogP contribution is -2.46. The van der Waals surface area contributed by atoms with Gasteiger partial charge in [0, 0.05) is 47.2 Å². The number of carbonyl (C=O) groups is 1. The fourth-order valence-electron chi connectivity index (χ4n) is 2.06. The van der Waals surface area contributed by atoms with Gasteiger partial charge in [0.2, 0.25) is 5.91 Å². The summed E-state index contributed by atoms with van der Waals surface area (Å²) in [4.78, 5) is 19.6. The van der Waals surface area contributed by atoms with Crippen LogP contribution in [0.25, 0.3) is 0 Å². The zero-order chi connectivity index (χ0) is 13.5. The minimum atomic E-state index is 0.144. The maximum absolute atomic E-state index is 11.5. The zero-order valence-corrected chi connectivity index (χ0v) is 12.1. The molecule has 0 unspecified atom stereocenters. The number of hydrogen-bond donors (Lipinski definition) is 1. The van der Waals surface area contributed by atoms with Crippen LogP contribution in [-0.4, -0.2) is 62.4 Å². The van der Waals surface area contributed by atoms with E-state index in [2.05, 4.69) is 22.1 Å². The molecule has 0 bridgehead atoms. The maximum atomic E-state index is 11.5. The van der Waals surface area contributed by atoms with Gasteiger partial charge in [0.15, 0.2) is 5.96 Å². The number of hydrogen-bond acceptors (Lipinski definition) is 2. The van der Waals surface area contributed by atoms with Gasteiger partial charge in [0.05, 0.1) is 0 Å². The molecule has 0 saturated carbocycles. The number of carbonyl (C=O) groups excluding carboxylic acids is 1. The molecule has 1 saturated heterocycles. The predicted molar refractivity (Wildman–Crippen MR) is 74.6 cm³/mol. The standard InChI is InChI=1S/C13H26N4O/c1-11-6-9-17(10-7-11)13(14-2)15-8-5-12(18)16(3)4/h11H,5-10H2,1-4H3,(H,14,15). The molecule has 18 heavy (non-hydrogen) atoms. The summed E-state index contributed by atoms with van der Waals surface area (Å²) >= 11 is 0. The zero-order valence-electron chi connectivity index (χ0n) is 12.1. The van der Waals surface area contributed by atoms with E-state index in [-0.39, 0.29) is 5.91 Å². The van der Waals surface area contributed by atoms with E-state index in [1.54, 1.807) is 26.0 Å². The highest BCUT2D eigenvalue weighted by Crippen LogP contribution is 2.15. The number of nitrogens with zero attached hydrogens (tertiary/aromatic N) is 3. The Bertz CT molecular complexity index is 293. The lowest BCUT2D eigenvalue weighted by Gasteiger charge is -2.32. The molecular formula is C13H26N4O. The Hall–Kier alpha value is -1.26. The van der Waals surface area contributed by atoms with Gasteiger partial charge in [-0.25, -0.2) is 0 Å². The van der Waals surface area contributed by atoms with Crippen LogP contribution in [-0.2, 0) is 4.79 Å². The Labute approximate surface area is 110 Å². The Balaban J connectivity index is 2.32. The number of piperidine rings is 1. The highest BCUT2D eigenvalue weighted by molar-refractivity contribution is 5.81. The van der Waals surface area contributed by atoms with Crippen LogP contribution in [0.1, 0.15) is 26.2 Å². The van der Waals surface area contributed by atoms with Crippen molar-refractivity contribution in [2.75, 3.05) is 40.8 Å². The number of likely N-dealkylation sites (tertiary alicyclic amines) is 1. The molecule has 1 aliphatic heterocycles. The van der Waals surface area contributed by atoms with Crippen molar-refractivity contribution in [2.45, 2.75) is 26.2 Å². The molecule has 0 radical (unpaired) electrons. The van der Waals surface area contributed by atoms with Crippen LogP contribution in [0, 0.1) is 5.92 Å². The molecule has 0 aromatic carbocycles. The predicted octanol–water partition coefficient (Wildman–Crippen LogP) is 0.772. The van der Waals surface area contributed by atoms with Crippen LogP contribution in [0.4, 0.5) is 0 Å². The minimum absolute atomic E-state index is 0.144. The highest BCUT2D eigenvalue weighted by atomic mass is 16.2. The summed E-state index contributed by atoms with van der Waals surface area (Å²) in [5, 5.41) is 3.27. The van der Waals surface area contributed by atoms with Crippen molar-refractivity contribution in [3.8, 4) is 0 Å². The smallest absolute Gasteiger partial charge is 0.223 e. The summed E-state index contributed by atoms with van der Waals surface area (Å²) in [6, 6.07) is 0. The van der Waals surface area contributed by atoms with E-state index in [9.17, 15) is 4.79 Å². The molecule has 1 fully saturated rings. The van der Waals surface area contributed by atoms with E-state index >= 15 is 0 Å². The van der Waals surface area contributed by atoms with Gasteiger partial charge >= 0.3 is 0 Å². The van der Waals surface area contributed by atoms with Crippen LogP contribution in [0.2, 0.25) is 0 Å². The van der Waals surface area contributed by atoms with Gasteiger partial charge in [-0.2, -0.15) is 0 Å². The normalized spacial score (nSPS) is 17.8. The van der Waals surface area contributed by atoms with Gasteiger partial charge in [-0.05, 0) is 18.8 Å². The first kappa shape index (κ1) is 14.8. The summed E-state index contributed by atoms with van der Waals surface area (Å²) < 4.78 is 0. The number of nitrogens with one attached hydrogen (secondary N) is 1. The van der Waals surface area contributed by atoms with Crippen LogP contribution in [0.15, 0.2) is 4.99 Å². The van der Waals surface area contributed by atoms with Gasteiger partial charge in [-0.1, -0.05) is 6.92 Å². The SMILES string of the molecule is CN=C(NCCC(=O)N(C)C)N1CCC(C)CC1. The molecule has 1 rings (SSSR count). The van der Waals surface area contributed by atoms with Crippen LogP contribution < -0.4 is 5.32 Å². The molecule has 1 aliphatic rings. The Morgan fingerprint density at radius 2 is 2.00 bits per heavy atom. The molecular weight excluding hydrogens is 228 g/mol. The first-order chi connectivity index (χ1) is 8.54. The van der Waals surface area contributed by atoms with E-state index in [1.165, 1.54) is 12.8 Å². The van der Waals surface area contributed by atoms with E-state index in [0.717, 1.165) is 25.0 Å². The molecule has 5 nitrogen and oxygen atoms in total. The number of amides is 1. The number of guanidine groups is 1. The monoisotopic (exact) mass is 254 g/mol. The summed E-state index contributed by atoms with van der Waals surface area (Å²) in [5.41, 5.74) is 0. The van der Waals surface area contributed by atoms with Crippen molar-refractivity contribution in [3.63, 3.8) is 0 Å². The van der Waals surface area contributed by atoms with Gasteiger partial charge in [-0.3, -0.25) is 9.79 Å². The van der Waals surface area contributed by atoms with E-state index < -0.39 is 0 Å². The Morgan fingerprint density at radius 3 is 2.50 bits per heavy atom. The number of aliphatic imine (C=N–C) groups is 1. The molecule has 104 valence electrons. The van der Waals surface area contributed by atoms with Crippen molar-refractivity contribution in [1.29, 1.82) is 0 Å². The first-order valence-electron chi connectivity index (χ1n) is 6.70. The van der Waals surface area contributed by atoms with Crippen molar-refractivity contribution in [3.05, 3.63) is 0 Å². The van der Waals surface area contributed by atoms with Crippen LogP contribution in [0.5, 0.6) is 0 Å². The second-order valence-electron chi connectivity index (χ2n) is 5.18. The highest BCUT2D eigenvalue weighted by Gasteiger charge is 2.18. The molecule has 1 amide bonds. The largest absolute Gasteiger partial charge is 0.356 e. The minimum Gasteiger partial charge on any atom is -0.356 e. The van der Waals surface area contributed by atoms with Gasteiger partial charge in [0.1, 0.15) is 0 Å². The average molecular weight is 254 g/mol. The lowest BCUT2D eigenvalue weighted by atomic mass is 10.00. The molecule has 0 spiro atoms. The molecule has 5 heteroatoms. The van der Waals surface area contributed by atoms with Gasteiger partial charge in [-0.15, -0.1) is 0 Å². The van der Waals surface area contributed by atoms with Crippen molar-refractivity contribution in [2.24, 2.45) is 10.9 Å². The Morgan fingerprint density at radius 1 is 1.39 bits per heavy atom. The second kappa shape index (κ2) is 7.24. The average Bonchev–Trinajstić information content (AvgIpc) is 2.35. The van der Waals surface area contributed by atoms with Crippen LogP contribution in [0.3, 0.4) is 0 Å². The molecule has 0 aliphatic carbocycles. The van der Waals surface area contributed by atoms with Crippen molar-refractivity contribution < 1.29 is 4.79 Å². The van der Waals surface area contributed by atoms with Crippen molar-refractivity contribution in [1.82, 2.24) is 15.1 Å². The van der Waals surface area contributed by atoms with Crippen LogP contribution >= 0.6 is 0 Å². The van der Waals surface area contributed by atoms with Gasteiger partial charge < -0.3 is 15.1 Å². The third-order valence-corrected chi connectivity index (χ3v) is 3.42. The molecule has 1 N–H and O–H groups in total. The second-order valence-corrected chi connectivity index (χ2v) is 5.18. The Kier molecular flexibility index (Phi) is 5.95. The molecule has 0 atom stereocenters. The maximum Gasteiger partial charge on any atom is 0.223 e. The fourth-order valence-corrected chi connectivity index (χ4v) is 2.06. The van der Waals surface area contributed by atoms with Crippen molar-refractivity contribution >= 4 is 11.9 Å². The lowest BCUT2D eigenvalue weighted by molar-refractivity contribution is -0.128. The third kappa shape index (κ3) is 4.55. The van der Waals surface area contributed by atoms with E-state index in [0.29, 0.717) is 13.0 Å². The third-order valence-electron chi connectivity index (χ3n) is 3.42. The summed E-state index contributed by atoms with van der Waals surface area (Å²) in [7, 11) is 5.36. The van der Waals surface area contributed by atoms with E-state index in [1.807, 2.05) is 0 Å². The molecule has 0 aromatic rings. The fraction of sp³-hybridized carbons (Fsp3) is 0.846. The topological polar surface area (TPSA) is 47.9 Å². The van der Waals surface area contributed by atoms with E-state index in [4.69, 9.17) is 0 Å². The summed E-state index contributed by atoms with van der Waals surface area (Å²) in [6.07, 6.45) is 2.95. The molecule has 0 aromatic heterocycles. The number of rotatable bonds is 3. The first-order valence-corrected chi connectivity index (χ1v) is 6.70. The van der Waals surface area contributed by atoms with Gasteiger partial charge in [0.25, 0.3) is 0 Å². The quantitative estimate of drug-likeness (QED) is 0.598.